The second-order valence-corrected chi connectivity index (χ2v) is 10.9. The number of nitrogens with one attached hydrogen (secondary N) is 1. The summed E-state index contributed by atoms with van der Waals surface area (Å²) in [7, 11) is -1.55. The quantitative estimate of drug-likeness (QED) is 0.810. The van der Waals surface area contributed by atoms with Gasteiger partial charge in [0.15, 0.2) is 0 Å². The first-order valence-corrected chi connectivity index (χ1v) is 10.9. The highest BCUT2D eigenvalue weighted by Gasteiger charge is 2.24. The predicted octanol–water partition coefficient (Wildman–Crippen LogP) is 2.26. The van der Waals surface area contributed by atoms with Crippen molar-refractivity contribution >= 4 is 30.9 Å². The summed E-state index contributed by atoms with van der Waals surface area (Å²) < 4.78 is 0. The highest BCUT2D eigenvalue weighted by molar-refractivity contribution is 7.98. The molecule has 1 aromatic carbocycles. The maximum absolute atomic E-state index is 11.9. The van der Waals surface area contributed by atoms with Crippen molar-refractivity contribution in [3.8, 4) is 0 Å². The molecule has 0 saturated carbocycles. The fraction of sp³-hybridized carbons (Fsp3) is 0.500. The SMILES string of the molecule is CSCC(C)C(=O)NC[Si](C)(C)c1ccccc1. The number of hydrogen-bond donors (Lipinski definition) is 1. The maximum Gasteiger partial charge on any atom is 0.223 e. The van der Waals surface area contributed by atoms with Crippen LogP contribution in [0.5, 0.6) is 0 Å². The zero-order chi connectivity index (χ0) is 13.6. The van der Waals surface area contributed by atoms with E-state index in [0.29, 0.717) is 0 Å². The molecule has 0 aliphatic rings. The van der Waals surface area contributed by atoms with E-state index in [2.05, 4.69) is 42.7 Å². The minimum absolute atomic E-state index is 0.0978. The summed E-state index contributed by atoms with van der Waals surface area (Å²) in [5.41, 5.74) is 0. The van der Waals surface area contributed by atoms with Gasteiger partial charge in [-0.2, -0.15) is 11.8 Å². The summed E-state index contributed by atoms with van der Waals surface area (Å²) in [6.45, 7) is 6.58. The van der Waals surface area contributed by atoms with Gasteiger partial charge in [0.1, 0.15) is 8.07 Å². The van der Waals surface area contributed by atoms with Crippen LogP contribution >= 0.6 is 11.8 Å². The van der Waals surface area contributed by atoms with E-state index < -0.39 is 8.07 Å². The van der Waals surface area contributed by atoms with E-state index in [9.17, 15) is 4.79 Å². The molecule has 4 heteroatoms. The molecular formula is C14H23NOSSi. The first-order valence-electron chi connectivity index (χ1n) is 6.29. The lowest BCUT2D eigenvalue weighted by Gasteiger charge is -2.24. The van der Waals surface area contributed by atoms with Crippen molar-refractivity contribution in [2.45, 2.75) is 20.0 Å². The van der Waals surface area contributed by atoms with E-state index in [1.54, 1.807) is 11.8 Å². The average molecular weight is 281 g/mol. The number of thioether (sulfide) groups is 1. The lowest BCUT2D eigenvalue weighted by Crippen LogP contribution is -2.52. The summed E-state index contributed by atoms with van der Waals surface area (Å²) in [5, 5.41) is 4.51. The van der Waals surface area contributed by atoms with E-state index in [1.165, 1.54) is 5.19 Å². The Morgan fingerprint density at radius 1 is 1.33 bits per heavy atom. The summed E-state index contributed by atoms with van der Waals surface area (Å²) >= 11 is 1.72. The van der Waals surface area contributed by atoms with E-state index in [1.807, 2.05) is 19.2 Å². The standard InChI is InChI=1S/C14H23NOSSi/c1-12(10-17-2)14(16)15-11-18(3,4)13-8-6-5-7-9-13/h5-9,12H,10-11H2,1-4H3,(H,15,16). The monoisotopic (exact) mass is 281 g/mol. The van der Waals surface area contributed by atoms with E-state index in [-0.39, 0.29) is 11.8 Å². The minimum atomic E-state index is -1.55. The molecule has 0 fully saturated rings. The van der Waals surface area contributed by atoms with Gasteiger partial charge in [0.05, 0.1) is 0 Å². The third-order valence-corrected chi connectivity index (χ3v) is 6.91. The Kier molecular flexibility index (Phi) is 5.95. The number of rotatable bonds is 6. The van der Waals surface area contributed by atoms with E-state index in [0.717, 1.165) is 11.9 Å². The molecule has 0 saturated heterocycles. The molecule has 0 spiro atoms. The fourth-order valence-corrected chi connectivity index (χ4v) is 4.37. The van der Waals surface area contributed by atoms with Crippen LogP contribution in [0.15, 0.2) is 30.3 Å². The molecule has 100 valence electrons. The van der Waals surface area contributed by atoms with Crippen LogP contribution in [0, 0.1) is 5.92 Å². The molecule has 1 amide bonds. The minimum Gasteiger partial charge on any atom is -0.358 e. The van der Waals surface area contributed by atoms with Crippen molar-refractivity contribution in [1.82, 2.24) is 5.32 Å². The maximum atomic E-state index is 11.9. The molecule has 0 aliphatic carbocycles. The van der Waals surface area contributed by atoms with Gasteiger partial charge in [-0.25, -0.2) is 0 Å². The number of carbonyl (C=O) groups excluding carboxylic acids is 1. The van der Waals surface area contributed by atoms with Crippen molar-refractivity contribution in [2.75, 3.05) is 18.2 Å². The van der Waals surface area contributed by atoms with Crippen molar-refractivity contribution in [3.63, 3.8) is 0 Å². The van der Waals surface area contributed by atoms with Gasteiger partial charge in [-0.3, -0.25) is 4.79 Å². The number of carbonyl (C=O) groups is 1. The average Bonchev–Trinajstić information content (AvgIpc) is 2.37. The molecule has 1 atom stereocenters. The fourth-order valence-electron chi connectivity index (χ4n) is 1.80. The zero-order valence-corrected chi connectivity index (χ0v) is 13.5. The van der Waals surface area contributed by atoms with Gasteiger partial charge < -0.3 is 5.32 Å². The topological polar surface area (TPSA) is 29.1 Å². The zero-order valence-electron chi connectivity index (χ0n) is 11.7. The normalized spacial score (nSPS) is 13.1. The van der Waals surface area contributed by atoms with Crippen LogP contribution in [-0.4, -0.2) is 32.2 Å². The van der Waals surface area contributed by atoms with Crippen molar-refractivity contribution < 1.29 is 4.79 Å². The number of hydrogen-bond acceptors (Lipinski definition) is 2. The molecule has 1 unspecified atom stereocenters. The van der Waals surface area contributed by atoms with Gasteiger partial charge in [-0.1, -0.05) is 55.5 Å². The Labute approximate surface area is 116 Å². The van der Waals surface area contributed by atoms with E-state index >= 15 is 0 Å². The summed E-state index contributed by atoms with van der Waals surface area (Å²) in [6.07, 6.45) is 2.85. The van der Waals surface area contributed by atoms with Gasteiger partial charge in [0, 0.05) is 17.8 Å². The summed E-state index contributed by atoms with van der Waals surface area (Å²) in [5.74, 6) is 1.17. The van der Waals surface area contributed by atoms with Crippen LogP contribution in [0.1, 0.15) is 6.92 Å². The number of amides is 1. The predicted molar refractivity (Wildman–Crippen MR) is 84.1 cm³/mol. The summed E-state index contributed by atoms with van der Waals surface area (Å²) in [4.78, 5) is 11.9. The second-order valence-electron chi connectivity index (χ2n) is 5.32. The molecule has 0 heterocycles. The Bertz CT molecular complexity index is 381. The summed E-state index contributed by atoms with van der Waals surface area (Å²) in [6, 6.07) is 10.5. The highest BCUT2D eigenvalue weighted by Crippen LogP contribution is 2.06. The Hall–Kier alpha value is -0.743. The first-order chi connectivity index (χ1) is 8.47. The van der Waals surface area contributed by atoms with Crippen LogP contribution < -0.4 is 10.5 Å². The molecule has 1 rings (SSSR count). The first kappa shape index (κ1) is 15.3. The molecule has 0 aromatic heterocycles. The molecule has 0 bridgehead atoms. The largest absolute Gasteiger partial charge is 0.358 e. The third-order valence-electron chi connectivity index (χ3n) is 3.12. The highest BCUT2D eigenvalue weighted by atomic mass is 32.2. The van der Waals surface area contributed by atoms with Gasteiger partial charge in [0.2, 0.25) is 5.91 Å². The van der Waals surface area contributed by atoms with Crippen LogP contribution in [0.3, 0.4) is 0 Å². The van der Waals surface area contributed by atoms with Crippen molar-refractivity contribution in [3.05, 3.63) is 30.3 Å². The van der Waals surface area contributed by atoms with Gasteiger partial charge in [-0.05, 0) is 6.26 Å². The van der Waals surface area contributed by atoms with Crippen molar-refractivity contribution in [2.24, 2.45) is 5.92 Å². The molecular weight excluding hydrogens is 258 g/mol. The molecule has 1 N–H and O–H groups in total. The van der Waals surface area contributed by atoms with Crippen LogP contribution in [0.4, 0.5) is 0 Å². The lowest BCUT2D eigenvalue weighted by atomic mass is 10.2. The Morgan fingerprint density at radius 2 is 1.94 bits per heavy atom. The third kappa shape index (κ3) is 4.50. The molecule has 0 radical (unpaired) electrons. The van der Waals surface area contributed by atoms with E-state index in [4.69, 9.17) is 0 Å². The van der Waals surface area contributed by atoms with Crippen LogP contribution in [0.25, 0.3) is 0 Å². The number of benzene rings is 1. The van der Waals surface area contributed by atoms with Crippen LogP contribution in [-0.2, 0) is 4.79 Å². The van der Waals surface area contributed by atoms with Gasteiger partial charge in [0.25, 0.3) is 0 Å². The smallest absolute Gasteiger partial charge is 0.223 e. The molecule has 0 aliphatic heterocycles. The Morgan fingerprint density at radius 3 is 2.50 bits per heavy atom. The lowest BCUT2D eigenvalue weighted by molar-refractivity contribution is -0.123. The molecule has 1 aromatic rings. The van der Waals surface area contributed by atoms with Crippen LogP contribution in [0.2, 0.25) is 13.1 Å². The van der Waals surface area contributed by atoms with Gasteiger partial charge in [-0.15, -0.1) is 0 Å². The molecule has 18 heavy (non-hydrogen) atoms. The van der Waals surface area contributed by atoms with Gasteiger partial charge >= 0.3 is 0 Å². The Balaban J connectivity index is 2.55. The van der Waals surface area contributed by atoms with Crippen molar-refractivity contribution in [1.29, 1.82) is 0 Å². The molecule has 2 nitrogen and oxygen atoms in total. The second kappa shape index (κ2) is 7.00.